The van der Waals surface area contributed by atoms with Gasteiger partial charge in [-0.25, -0.2) is 0 Å². The number of ether oxygens (including phenoxy) is 1. The van der Waals surface area contributed by atoms with Crippen molar-refractivity contribution in [2.24, 2.45) is 11.7 Å². The largest absolute Gasteiger partial charge is 0.378 e. The Balaban J connectivity index is 1.90. The SMILES string of the molecule is CC(C)C[C@@H](N)c1nc(C[C@@H]2CCCO2)no1. The summed E-state index contributed by atoms with van der Waals surface area (Å²) < 4.78 is 10.7. The summed E-state index contributed by atoms with van der Waals surface area (Å²) in [6, 6.07) is -0.152. The summed E-state index contributed by atoms with van der Waals surface area (Å²) in [5.41, 5.74) is 5.99. The molecular weight excluding hydrogens is 218 g/mol. The predicted molar refractivity (Wildman–Crippen MR) is 63.4 cm³/mol. The lowest BCUT2D eigenvalue weighted by Crippen LogP contribution is -2.14. The van der Waals surface area contributed by atoms with Crippen LogP contribution in [0.5, 0.6) is 0 Å². The third-order valence-corrected chi connectivity index (χ3v) is 2.96. The van der Waals surface area contributed by atoms with Gasteiger partial charge in [0, 0.05) is 13.0 Å². The van der Waals surface area contributed by atoms with Crippen LogP contribution in [-0.4, -0.2) is 22.9 Å². The molecule has 1 saturated heterocycles. The molecular formula is C12H21N3O2. The van der Waals surface area contributed by atoms with Gasteiger partial charge in [-0.3, -0.25) is 0 Å². The van der Waals surface area contributed by atoms with Crippen LogP contribution in [0.4, 0.5) is 0 Å². The van der Waals surface area contributed by atoms with Gasteiger partial charge in [0.15, 0.2) is 5.82 Å². The predicted octanol–water partition coefficient (Wildman–Crippen LogP) is 1.84. The van der Waals surface area contributed by atoms with Crippen LogP contribution in [0.25, 0.3) is 0 Å². The molecule has 2 atom stereocenters. The Morgan fingerprint density at radius 2 is 2.29 bits per heavy atom. The Morgan fingerprint density at radius 1 is 1.47 bits per heavy atom. The Labute approximate surface area is 102 Å². The molecule has 0 aromatic carbocycles. The molecule has 0 aliphatic carbocycles. The average molecular weight is 239 g/mol. The van der Waals surface area contributed by atoms with Crippen LogP contribution in [0, 0.1) is 5.92 Å². The fourth-order valence-electron chi connectivity index (χ4n) is 2.12. The number of aromatic nitrogens is 2. The fourth-order valence-corrected chi connectivity index (χ4v) is 2.12. The van der Waals surface area contributed by atoms with Gasteiger partial charge in [0.1, 0.15) is 0 Å². The minimum atomic E-state index is -0.152. The quantitative estimate of drug-likeness (QED) is 0.848. The molecule has 0 radical (unpaired) electrons. The monoisotopic (exact) mass is 239 g/mol. The average Bonchev–Trinajstić information content (AvgIpc) is 2.88. The van der Waals surface area contributed by atoms with Crippen LogP contribution in [0.3, 0.4) is 0 Å². The van der Waals surface area contributed by atoms with Gasteiger partial charge in [-0.1, -0.05) is 19.0 Å². The normalized spacial score (nSPS) is 22.2. The van der Waals surface area contributed by atoms with Crippen LogP contribution in [0.2, 0.25) is 0 Å². The molecule has 0 spiro atoms. The third-order valence-electron chi connectivity index (χ3n) is 2.96. The summed E-state index contributed by atoms with van der Waals surface area (Å²) in [5.74, 6) is 1.79. The van der Waals surface area contributed by atoms with E-state index in [2.05, 4.69) is 24.0 Å². The zero-order chi connectivity index (χ0) is 12.3. The van der Waals surface area contributed by atoms with Crippen molar-refractivity contribution < 1.29 is 9.26 Å². The number of hydrogen-bond acceptors (Lipinski definition) is 5. The Kier molecular flexibility index (Phi) is 4.12. The lowest BCUT2D eigenvalue weighted by atomic mass is 10.0. The molecule has 1 aromatic heterocycles. The molecule has 96 valence electrons. The van der Waals surface area contributed by atoms with Crippen molar-refractivity contribution in [3.63, 3.8) is 0 Å². The van der Waals surface area contributed by atoms with Gasteiger partial charge in [0.25, 0.3) is 0 Å². The minimum Gasteiger partial charge on any atom is -0.378 e. The summed E-state index contributed by atoms with van der Waals surface area (Å²) in [5, 5.41) is 3.96. The van der Waals surface area contributed by atoms with E-state index in [1.807, 2.05) is 0 Å². The Hall–Kier alpha value is -0.940. The van der Waals surface area contributed by atoms with E-state index in [-0.39, 0.29) is 12.1 Å². The first-order chi connectivity index (χ1) is 8.15. The fraction of sp³-hybridized carbons (Fsp3) is 0.833. The first kappa shape index (κ1) is 12.5. The summed E-state index contributed by atoms with van der Waals surface area (Å²) in [4.78, 5) is 4.34. The lowest BCUT2D eigenvalue weighted by molar-refractivity contribution is 0.109. The van der Waals surface area contributed by atoms with E-state index in [0.29, 0.717) is 17.6 Å². The molecule has 2 heterocycles. The number of nitrogens with zero attached hydrogens (tertiary/aromatic N) is 2. The molecule has 1 aromatic rings. The van der Waals surface area contributed by atoms with Crippen LogP contribution < -0.4 is 5.73 Å². The van der Waals surface area contributed by atoms with Gasteiger partial charge in [0.2, 0.25) is 5.89 Å². The van der Waals surface area contributed by atoms with Crippen molar-refractivity contribution in [1.29, 1.82) is 0 Å². The van der Waals surface area contributed by atoms with Gasteiger partial charge >= 0.3 is 0 Å². The summed E-state index contributed by atoms with van der Waals surface area (Å²) in [7, 11) is 0. The highest BCUT2D eigenvalue weighted by Gasteiger charge is 2.21. The number of hydrogen-bond donors (Lipinski definition) is 1. The van der Waals surface area contributed by atoms with Crippen LogP contribution in [0.1, 0.15) is 50.9 Å². The van der Waals surface area contributed by atoms with Crippen molar-refractivity contribution in [3.05, 3.63) is 11.7 Å². The smallest absolute Gasteiger partial charge is 0.243 e. The van der Waals surface area contributed by atoms with E-state index in [1.54, 1.807) is 0 Å². The van der Waals surface area contributed by atoms with Crippen LogP contribution in [-0.2, 0) is 11.2 Å². The van der Waals surface area contributed by atoms with Gasteiger partial charge in [-0.05, 0) is 25.2 Å². The molecule has 0 unspecified atom stereocenters. The molecule has 0 bridgehead atoms. The van der Waals surface area contributed by atoms with Gasteiger partial charge in [0.05, 0.1) is 12.1 Å². The van der Waals surface area contributed by atoms with Gasteiger partial charge in [-0.15, -0.1) is 0 Å². The lowest BCUT2D eigenvalue weighted by Gasteiger charge is -2.08. The van der Waals surface area contributed by atoms with Crippen molar-refractivity contribution >= 4 is 0 Å². The standard InChI is InChI=1S/C12H21N3O2/c1-8(2)6-10(13)12-14-11(15-17-12)7-9-4-3-5-16-9/h8-10H,3-7,13H2,1-2H3/t9-,10+/m0/s1. The number of rotatable bonds is 5. The van der Waals surface area contributed by atoms with Crippen molar-refractivity contribution in [2.45, 2.75) is 51.7 Å². The van der Waals surface area contributed by atoms with E-state index in [1.165, 1.54) is 0 Å². The van der Waals surface area contributed by atoms with Crippen molar-refractivity contribution in [1.82, 2.24) is 10.1 Å². The molecule has 17 heavy (non-hydrogen) atoms. The zero-order valence-corrected chi connectivity index (χ0v) is 10.6. The maximum absolute atomic E-state index is 5.99. The molecule has 5 nitrogen and oxygen atoms in total. The second kappa shape index (κ2) is 5.60. The van der Waals surface area contributed by atoms with Gasteiger partial charge in [-0.2, -0.15) is 4.98 Å². The molecule has 2 rings (SSSR count). The highest BCUT2D eigenvalue weighted by atomic mass is 16.5. The maximum atomic E-state index is 5.99. The third kappa shape index (κ3) is 3.51. The number of nitrogens with two attached hydrogens (primary N) is 1. The molecule has 1 aliphatic rings. The first-order valence-corrected chi connectivity index (χ1v) is 6.35. The van der Waals surface area contributed by atoms with E-state index in [9.17, 15) is 0 Å². The van der Waals surface area contributed by atoms with Crippen LogP contribution >= 0.6 is 0 Å². The summed E-state index contributed by atoms with van der Waals surface area (Å²) >= 11 is 0. The van der Waals surface area contributed by atoms with E-state index >= 15 is 0 Å². The summed E-state index contributed by atoms with van der Waals surface area (Å²) in [6.07, 6.45) is 4.06. The molecule has 1 aliphatic heterocycles. The highest BCUT2D eigenvalue weighted by molar-refractivity contribution is 4.94. The molecule has 5 heteroatoms. The molecule has 0 amide bonds. The second-order valence-electron chi connectivity index (χ2n) is 5.12. The molecule has 2 N–H and O–H groups in total. The molecule has 1 fully saturated rings. The topological polar surface area (TPSA) is 74.2 Å². The molecule has 0 saturated carbocycles. The van der Waals surface area contributed by atoms with Crippen LogP contribution in [0.15, 0.2) is 4.52 Å². The highest BCUT2D eigenvalue weighted by Crippen LogP contribution is 2.19. The minimum absolute atomic E-state index is 0.152. The first-order valence-electron chi connectivity index (χ1n) is 6.35. The van der Waals surface area contributed by atoms with Gasteiger partial charge < -0.3 is 15.0 Å². The van der Waals surface area contributed by atoms with E-state index in [0.717, 1.165) is 32.3 Å². The maximum Gasteiger partial charge on any atom is 0.243 e. The second-order valence-corrected chi connectivity index (χ2v) is 5.12. The Bertz CT molecular complexity index is 345. The van der Waals surface area contributed by atoms with Crippen molar-refractivity contribution in [2.75, 3.05) is 6.61 Å². The van der Waals surface area contributed by atoms with Crippen molar-refractivity contribution in [3.8, 4) is 0 Å². The van der Waals surface area contributed by atoms with E-state index in [4.69, 9.17) is 15.0 Å². The van der Waals surface area contributed by atoms with E-state index < -0.39 is 0 Å². The Morgan fingerprint density at radius 3 is 2.94 bits per heavy atom. The summed E-state index contributed by atoms with van der Waals surface area (Å²) in [6.45, 7) is 5.11. The zero-order valence-electron chi connectivity index (χ0n) is 10.6.